The normalized spacial score (nSPS) is 26.5. The maximum absolute atomic E-state index is 6.25. The smallest absolute Gasteiger partial charge is 0.0876 e. The van der Waals surface area contributed by atoms with Gasteiger partial charge in [0.25, 0.3) is 0 Å². The Labute approximate surface area is 82.5 Å². The number of likely N-dealkylation sites (tertiary alicyclic amines) is 1. The van der Waals surface area contributed by atoms with Crippen LogP contribution < -0.4 is 4.90 Å². The van der Waals surface area contributed by atoms with Gasteiger partial charge in [0.1, 0.15) is 0 Å². The van der Waals surface area contributed by atoms with Gasteiger partial charge < -0.3 is 16.7 Å². The van der Waals surface area contributed by atoms with Crippen LogP contribution in [0.25, 0.3) is 0 Å². The molecule has 2 heteroatoms. The molecule has 2 unspecified atom stereocenters. The Balaban J connectivity index is 0.000000671. The fourth-order valence-electron chi connectivity index (χ4n) is 2.25. The summed E-state index contributed by atoms with van der Waals surface area (Å²) in [5.74, 6) is 0. The number of hydrogen-bond acceptors (Lipinski definition) is 1. The Morgan fingerprint density at radius 2 is 2.08 bits per heavy atom. The minimum absolute atomic E-state index is 1.01. The van der Waals surface area contributed by atoms with E-state index in [0.717, 1.165) is 6.04 Å². The molecule has 1 rings (SSSR count). The highest BCUT2D eigenvalue weighted by Crippen LogP contribution is 2.07. The molecule has 0 aliphatic carbocycles. The van der Waals surface area contributed by atoms with E-state index < -0.39 is 0 Å². The molecule has 0 bridgehead atoms. The van der Waals surface area contributed by atoms with Gasteiger partial charge in [0.15, 0.2) is 0 Å². The molecular formula is C11H22N2. The van der Waals surface area contributed by atoms with Crippen LogP contribution in [0, 0.1) is 11.8 Å². The lowest BCUT2D eigenvalue weighted by atomic mass is 10.1. The molecule has 0 aromatic heterocycles. The van der Waals surface area contributed by atoms with Crippen LogP contribution in [0.4, 0.5) is 0 Å². The Morgan fingerprint density at radius 1 is 1.38 bits per heavy atom. The average molecular weight is 182 g/mol. The van der Waals surface area contributed by atoms with Crippen LogP contribution in [0.2, 0.25) is 0 Å². The van der Waals surface area contributed by atoms with Gasteiger partial charge >= 0.3 is 0 Å². The van der Waals surface area contributed by atoms with Gasteiger partial charge in [-0.25, -0.2) is 0 Å². The zero-order valence-electron chi connectivity index (χ0n) is 8.97. The van der Waals surface area contributed by atoms with E-state index in [1.165, 1.54) is 45.2 Å². The number of rotatable bonds is 4. The van der Waals surface area contributed by atoms with E-state index in [2.05, 4.69) is 13.8 Å². The monoisotopic (exact) mass is 182 g/mol. The van der Waals surface area contributed by atoms with Gasteiger partial charge in [-0.15, -0.1) is 0 Å². The summed E-state index contributed by atoms with van der Waals surface area (Å²) in [5.41, 5.74) is 0. The fraction of sp³-hybridized carbons (Fsp3) is 0.909. The SMILES string of the molecule is CCCCC1CCC[NH+]1CC.[C-]#N. The standard InChI is InChI=1S/C10H21N.CN/c1-3-5-7-10-8-6-9-11(10)4-2;1-2/h10H,3-9H2,1-2H3;/q;-1/p+1. The highest BCUT2D eigenvalue weighted by molar-refractivity contribution is 4.61. The van der Waals surface area contributed by atoms with Crippen LogP contribution in [0.5, 0.6) is 0 Å². The molecular weight excluding hydrogens is 160 g/mol. The molecule has 13 heavy (non-hydrogen) atoms. The molecule has 1 N–H and O–H groups in total. The van der Waals surface area contributed by atoms with E-state index in [9.17, 15) is 0 Å². The summed E-state index contributed by atoms with van der Waals surface area (Å²) < 4.78 is 0. The summed E-state index contributed by atoms with van der Waals surface area (Å²) >= 11 is 0. The maximum Gasteiger partial charge on any atom is 0.0876 e. The molecule has 1 saturated heterocycles. The summed E-state index contributed by atoms with van der Waals surface area (Å²) in [5, 5.41) is 6.25. The first-order valence-electron chi connectivity index (χ1n) is 5.45. The Hall–Kier alpha value is -0.550. The molecule has 1 aliphatic heterocycles. The summed E-state index contributed by atoms with van der Waals surface area (Å²) in [7, 11) is 0. The van der Waals surface area contributed by atoms with E-state index in [4.69, 9.17) is 11.8 Å². The van der Waals surface area contributed by atoms with Crippen molar-refractivity contribution in [2.45, 2.75) is 52.0 Å². The molecule has 0 spiro atoms. The van der Waals surface area contributed by atoms with Crippen molar-refractivity contribution in [3.05, 3.63) is 6.57 Å². The van der Waals surface area contributed by atoms with Crippen LogP contribution in [-0.2, 0) is 0 Å². The van der Waals surface area contributed by atoms with Crippen molar-refractivity contribution in [2.24, 2.45) is 0 Å². The molecule has 2 atom stereocenters. The lowest BCUT2D eigenvalue weighted by Gasteiger charge is -2.19. The molecule has 0 aromatic carbocycles. The predicted octanol–water partition coefficient (Wildman–Crippen LogP) is 1.34. The van der Waals surface area contributed by atoms with Crippen molar-refractivity contribution in [1.29, 1.82) is 5.26 Å². The van der Waals surface area contributed by atoms with Gasteiger partial charge in [-0.2, -0.15) is 0 Å². The second-order valence-electron chi connectivity index (χ2n) is 3.74. The number of hydrogen-bond donors (Lipinski definition) is 1. The first-order valence-corrected chi connectivity index (χ1v) is 5.45. The van der Waals surface area contributed by atoms with Crippen LogP contribution in [0.15, 0.2) is 0 Å². The second kappa shape index (κ2) is 8.07. The Morgan fingerprint density at radius 3 is 2.62 bits per heavy atom. The number of nitrogens with zero attached hydrogens (tertiary/aromatic N) is 1. The third-order valence-corrected chi connectivity index (χ3v) is 2.99. The van der Waals surface area contributed by atoms with Crippen LogP contribution in [0.1, 0.15) is 46.0 Å². The zero-order chi connectivity index (χ0) is 10.1. The van der Waals surface area contributed by atoms with E-state index in [0.29, 0.717) is 0 Å². The van der Waals surface area contributed by atoms with E-state index in [-0.39, 0.29) is 0 Å². The quantitative estimate of drug-likeness (QED) is 0.653. The minimum Gasteiger partial charge on any atom is -0.512 e. The van der Waals surface area contributed by atoms with Crippen molar-refractivity contribution in [1.82, 2.24) is 0 Å². The molecule has 2 nitrogen and oxygen atoms in total. The van der Waals surface area contributed by atoms with E-state index in [1.54, 1.807) is 0 Å². The largest absolute Gasteiger partial charge is 0.512 e. The number of nitrogens with one attached hydrogen (secondary N) is 1. The topological polar surface area (TPSA) is 28.2 Å². The van der Waals surface area contributed by atoms with Gasteiger partial charge in [-0.3, -0.25) is 0 Å². The lowest BCUT2D eigenvalue weighted by Crippen LogP contribution is -3.13. The molecule has 1 aliphatic rings. The molecule has 0 amide bonds. The third kappa shape index (κ3) is 4.28. The first-order chi connectivity index (χ1) is 6.38. The summed E-state index contributed by atoms with van der Waals surface area (Å²) in [4.78, 5) is 1.86. The Bertz CT molecular complexity index is 131. The number of quaternary nitrogens is 1. The summed E-state index contributed by atoms with van der Waals surface area (Å²) in [6.07, 6.45) is 7.24. The van der Waals surface area contributed by atoms with Gasteiger partial charge in [0.2, 0.25) is 0 Å². The fourth-order valence-corrected chi connectivity index (χ4v) is 2.25. The van der Waals surface area contributed by atoms with Crippen LogP contribution in [0.3, 0.4) is 0 Å². The van der Waals surface area contributed by atoms with E-state index >= 15 is 0 Å². The zero-order valence-corrected chi connectivity index (χ0v) is 8.97. The van der Waals surface area contributed by atoms with Crippen molar-refractivity contribution in [2.75, 3.05) is 13.1 Å². The maximum atomic E-state index is 6.25. The summed E-state index contributed by atoms with van der Waals surface area (Å²) in [6.45, 7) is 12.1. The van der Waals surface area contributed by atoms with Crippen LogP contribution >= 0.6 is 0 Å². The number of unbranched alkanes of at least 4 members (excludes halogenated alkanes) is 1. The van der Waals surface area contributed by atoms with Gasteiger partial charge in [0.05, 0.1) is 19.1 Å². The minimum atomic E-state index is 1.01. The molecule has 1 heterocycles. The van der Waals surface area contributed by atoms with Crippen molar-refractivity contribution >= 4 is 0 Å². The second-order valence-corrected chi connectivity index (χ2v) is 3.74. The molecule has 0 radical (unpaired) electrons. The average Bonchev–Trinajstić information content (AvgIpc) is 2.65. The van der Waals surface area contributed by atoms with Crippen molar-refractivity contribution in [3.8, 4) is 0 Å². The highest BCUT2D eigenvalue weighted by Gasteiger charge is 2.25. The molecule has 0 saturated carbocycles. The van der Waals surface area contributed by atoms with Gasteiger partial charge in [-0.1, -0.05) is 13.3 Å². The van der Waals surface area contributed by atoms with Crippen molar-refractivity contribution in [3.63, 3.8) is 0 Å². The van der Waals surface area contributed by atoms with Gasteiger partial charge in [-0.05, 0) is 19.8 Å². The highest BCUT2D eigenvalue weighted by atomic mass is 15.2. The van der Waals surface area contributed by atoms with E-state index in [1.807, 2.05) is 4.90 Å². The predicted molar refractivity (Wildman–Crippen MR) is 53.9 cm³/mol. The molecule has 76 valence electrons. The molecule has 1 fully saturated rings. The third-order valence-electron chi connectivity index (χ3n) is 2.99. The lowest BCUT2D eigenvalue weighted by molar-refractivity contribution is -0.910. The van der Waals surface area contributed by atoms with Crippen LogP contribution in [-0.4, -0.2) is 19.1 Å². The van der Waals surface area contributed by atoms with Gasteiger partial charge in [0, 0.05) is 12.8 Å². The van der Waals surface area contributed by atoms with Crippen molar-refractivity contribution < 1.29 is 4.90 Å². The summed E-state index contributed by atoms with van der Waals surface area (Å²) in [6, 6.07) is 1.01. The first kappa shape index (κ1) is 12.4. The molecule has 0 aromatic rings. The Kier molecular flexibility index (Phi) is 7.73.